The third kappa shape index (κ3) is 2.38. The lowest BCUT2D eigenvalue weighted by molar-refractivity contribution is -0.136. The molecule has 0 fully saturated rings. The Hall–Kier alpha value is -1.43. The van der Waals surface area contributed by atoms with Crippen LogP contribution in [0.4, 0.5) is 0 Å². The normalized spacial score (nSPS) is 17.5. The summed E-state index contributed by atoms with van der Waals surface area (Å²) in [6.07, 6.45) is 0. The number of nitrogens with two attached hydrogens (primary N) is 1. The minimum absolute atomic E-state index is 0.00518. The van der Waals surface area contributed by atoms with Gasteiger partial charge in [0.05, 0.1) is 19.1 Å². The van der Waals surface area contributed by atoms with Gasteiger partial charge in [0.15, 0.2) is 0 Å². The second kappa shape index (κ2) is 4.35. The predicted octanol–water partition coefficient (Wildman–Crippen LogP) is 0.302. The van der Waals surface area contributed by atoms with Crippen LogP contribution in [0.25, 0.3) is 0 Å². The van der Waals surface area contributed by atoms with Crippen molar-refractivity contribution in [1.29, 1.82) is 0 Å². The minimum atomic E-state index is -0.479. The van der Waals surface area contributed by atoms with E-state index in [1.54, 1.807) is 4.90 Å². The molecular formula is C12H21N5O. The second-order valence-corrected chi connectivity index (χ2v) is 5.90. The van der Waals surface area contributed by atoms with Gasteiger partial charge in [-0.25, -0.2) is 9.67 Å². The maximum absolute atomic E-state index is 12.3. The monoisotopic (exact) mass is 251 g/mol. The van der Waals surface area contributed by atoms with Crippen LogP contribution in [0.5, 0.6) is 0 Å². The van der Waals surface area contributed by atoms with Gasteiger partial charge in [0, 0.05) is 6.54 Å². The molecule has 0 aliphatic carbocycles. The average Bonchev–Trinajstić information content (AvgIpc) is 2.64. The van der Waals surface area contributed by atoms with E-state index in [0.29, 0.717) is 19.6 Å². The Morgan fingerprint density at radius 3 is 2.67 bits per heavy atom. The first-order valence-corrected chi connectivity index (χ1v) is 6.24. The standard InChI is InChI=1S/C12H21N5O/c1-8-14-9-7-16(5-6-17(9)15-8)11(18)10(13)12(2,3)4/h10H,5-7,13H2,1-4H3/t10-/m1/s1. The summed E-state index contributed by atoms with van der Waals surface area (Å²) in [6, 6.07) is -0.479. The molecule has 1 atom stereocenters. The predicted molar refractivity (Wildman–Crippen MR) is 67.6 cm³/mol. The summed E-state index contributed by atoms with van der Waals surface area (Å²) >= 11 is 0. The van der Waals surface area contributed by atoms with Gasteiger partial charge < -0.3 is 10.6 Å². The fourth-order valence-corrected chi connectivity index (χ4v) is 2.02. The Labute approximate surface area is 107 Å². The van der Waals surface area contributed by atoms with Gasteiger partial charge in [-0.15, -0.1) is 0 Å². The first kappa shape index (κ1) is 13.0. The minimum Gasteiger partial charge on any atom is -0.332 e. The molecule has 1 aliphatic rings. The van der Waals surface area contributed by atoms with Crippen LogP contribution in [-0.2, 0) is 17.9 Å². The number of fused-ring (bicyclic) bond motifs is 1. The zero-order chi connectivity index (χ0) is 13.5. The van der Waals surface area contributed by atoms with Crippen LogP contribution >= 0.6 is 0 Å². The molecule has 100 valence electrons. The van der Waals surface area contributed by atoms with Crippen molar-refractivity contribution < 1.29 is 4.79 Å². The van der Waals surface area contributed by atoms with Crippen molar-refractivity contribution in [3.05, 3.63) is 11.6 Å². The Balaban J connectivity index is 2.11. The molecule has 2 N–H and O–H groups in total. The summed E-state index contributed by atoms with van der Waals surface area (Å²) in [7, 11) is 0. The van der Waals surface area contributed by atoms with Gasteiger partial charge in [-0.3, -0.25) is 4.79 Å². The SMILES string of the molecule is Cc1nc2n(n1)CCN(C(=O)[C@@H](N)C(C)(C)C)C2. The summed E-state index contributed by atoms with van der Waals surface area (Å²) in [5, 5.41) is 4.27. The summed E-state index contributed by atoms with van der Waals surface area (Å²) in [5.74, 6) is 1.59. The zero-order valence-electron chi connectivity index (χ0n) is 11.5. The van der Waals surface area contributed by atoms with Crippen LogP contribution in [0.15, 0.2) is 0 Å². The fraction of sp³-hybridized carbons (Fsp3) is 0.750. The van der Waals surface area contributed by atoms with E-state index in [0.717, 1.165) is 11.6 Å². The summed E-state index contributed by atoms with van der Waals surface area (Å²) in [4.78, 5) is 18.4. The van der Waals surface area contributed by atoms with Crippen LogP contribution in [0.3, 0.4) is 0 Å². The van der Waals surface area contributed by atoms with Gasteiger partial charge >= 0.3 is 0 Å². The zero-order valence-corrected chi connectivity index (χ0v) is 11.5. The lowest BCUT2D eigenvalue weighted by Gasteiger charge is -2.33. The lowest BCUT2D eigenvalue weighted by Crippen LogP contribution is -2.52. The van der Waals surface area contributed by atoms with E-state index in [9.17, 15) is 4.79 Å². The lowest BCUT2D eigenvalue weighted by atomic mass is 9.86. The number of rotatable bonds is 1. The number of hydrogen-bond acceptors (Lipinski definition) is 4. The molecule has 2 rings (SSSR count). The smallest absolute Gasteiger partial charge is 0.240 e. The summed E-state index contributed by atoms with van der Waals surface area (Å²) < 4.78 is 1.86. The van der Waals surface area contributed by atoms with Gasteiger partial charge in [-0.1, -0.05) is 20.8 Å². The second-order valence-electron chi connectivity index (χ2n) is 5.90. The van der Waals surface area contributed by atoms with Crippen LogP contribution in [-0.4, -0.2) is 38.2 Å². The molecule has 0 unspecified atom stereocenters. The molecule has 2 heterocycles. The van der Waals surface area contributed by atoms with Gasteiger partial charge in [-0.05, 0) is 12.3 Å². The topological polar surface area (TPSA) is 77.0 Å². The number of carbonyl (C=O) groups is 1. The Morgan fingerprint density at radius 1 is 1.39 bits per heavy atom. The first-order valence-electron chi connectivity index (χ1n) is 6.24. The maximum atomic E-state index is 12.3. The number of aryl methyl sites for hydroxylation is 1. The van der Waals surface area contributed by atoms with Crippen molar-refractivity contribution in [2.45, 2.75) is 46.8 Å². The molecule has 0 radical (unpaired) electrons. The Morgan fingerprint density at radius 2 is 2.06 bits per heavy atom. The first-order chi connectivity index (χ1) is 8.29. The molecule has 6 heteroatoms. The highest BCUT2D eigenvalue weighted by Gasteiger charge is 2.33. The van der Waals surface area contributed by atoms with Crippen LogP contribution in [0.1, 0.15) is 32.4 Å². The molecule has 0 saturated heterocycles. The molecule has 0 saturated carbocycles. The van der Waals surface area contributed by atoms with Gasteiger partial charge in [0.1, 0.15) is 11.6 Å². The third-order valence-corrected chi connectivity index (χ3v) is 3.28. The van der Waals surface area contributed by atoms with Crippen molar-refractivity contribution in [2.75, 3.05) is 6.54 Å². The van der Waals surface area contributed by atoms with E-state index in [1.165, 1.54) is 0 Å². The van der Waals surface area contributed by atoms with E-state index >= 15 is 0 Å². The third-order valence-electron chi connectivity index (χ3n) is 3.28. The fourth-order valence-electron chi connectivity index (χ4n) is 2.02. The van der Waals surface area contributed by atoms with Crippen LogP contribution in [0, 0.1) is 12.3 Å². The molecule has 1 aromatic heterocycles. The van der Waals surface area contributed by atoms with Crippen LogP contribution in [0.2, 0.25) is 0 Å². The van der Waals surface area contributed by atoms with Crippen molar-refractivity contribution in [3.63, 3.8) is 0 Å². The number of aromatic nitrogens is 3. The van der Waals surface area contributed by atoms with E-state index in [2.05, 4.69) is 10.1 Å². The number of amides is 1. The van der Waals surface area contributed by atoms with Crippen LogP contribution < -0.4 is 5.73 Å². The Bertz CT molecular complexity index is 460. The van der Waals surface area contributed by atoms with Crippen molar-refractivity contribution in [1.82, 2.24) is 19.7 Å². The highest BCUT2D eigenvalue weighted by atomic mass is 16.2. The number of hydrogen-bond donors (Lipinski definition) is 1. The van der Waals surface area contributed by atoms with E-state index in [4.69, 9.17) is 5.73 Å². The molecule has 1 aromatic rings. The number of nitrogens with zero attached hydrogens (tertiary/aromatic N) is 4. The molecule has 1 aliphatic heterocycles. The Kier molecular flexibility index (Phi) is 3.14. The van der Waals surface area contributed by atoms with Crippen molar-refractivity contribution in [2.24, 2.45) is 11.1 Å². The largest absolute Gasteiger partial charge is 0.332 e. The van der Waals surface area contributed by atoms with Crippen molar-refractivity contribution >= 4 is 5.91 Å². The molecule has 0 bridgehead atoms. The van der Waals surface area contributed by atoms with E-state index in [1.807, 2.05) is 32.4 Å². The number of carbonyl (C=O) groups excluding carboxylic acids is 1. The molecule has 18 heavy (non-hydrogen) atoms. The molecule has 1 amide bonds. The van der Waals surface area contributed by atoms with E-state index < -0.39 is 6.04 Å². The molecule has 0 aromatic carbocycles. The molecular weight excluding hydrogens is 230 g/mol. The van der Waals surface area contributed by atoms with Gasteiger partial charge in [0.25, 0.3) is 0 Å². The average molecular weight is 251 g/mol. The molecule has 0 spiro atoms. The van der Waals surface area contributed by atoms with Gasteiger partial charge in [-0.2, -0.15) is 5.10 Å². The highest BCUT2D eigenvalue weighted by molar-refractivity contribution is 5.82. The quantitative estimate of drug-likeness (QED) is 0.779. The van der Waals surface area contributed by atoms with Crippen molar-refractivity contribution in [3.8, 4) is 0 Å². The highest BCUT2D eigenvalue weighted by Crippen LogP contribution is 2.21. The maximum Gasteiger partial charge on any atom is 0.240 e. The molecule has 6 nitrogen and oxygen atoms in total. The van der Waals surface area contributed by atoms with E-state index in [-0.39, 0.29) is 11.3 Å². The summed E-state index contributed by atoms with van der Waals surface area (Å²) in [5.41, 5.74) is 5.79. The van der Waals surface area contributed by atoms with Gasteiger partial charge in [0.2, 0.25) is 5.91 Å². The summed E-state index contributed by atoms with van der Waals surface area (Å²) in [6.45, 7) is 9.64.